The van der Waals surface area contributed by atoms with Crippen molar-refractivity contribution in [3.8, 4) is 0 Å². The Morgan fingerprint density at radius 2 is 1.89 bits per heavy atom. The number of carbonyl (C=O) groups excluding carboxylic acids is 2. The molecule has 0 bridgehead atoms. The number of carbonyl (C=O) groups is 3. The number of nitrogens with zero attached hydrogens (tertiary/aromatic N) is 2. The molecule has 0 spiro atoms. The third kappa shape index (κ3) is 4.15. The van der Waals surface area contributed by atoms with E-state index in [4.69, 9.17) is 0 Å². The number of aryl methyl sites for hydroxylation is 1. The lowest BCUT2D eigenvalue weighted by Crippen LogP contribution is -2.47. The summed E-state index contributed by atoms with van der Waals surface area (Å²) >= 11 is 0. The number of anilines is 1. The first-order valence-corrected chi connectivity index (χ1v) is 9.81. The van der Waals surface area contributed by atoms with Gasteiger partial charge >= 0.3 is 5.97 Å². The summed E-state index contributed by atoms with van der Waals surface area (Å²) in [6, 6.07) is 7.99. The Morgan fingerprint density at radius 3 is 2.48 bits per heavy atom. The maximum absolute atomic E-state index is 12.9. The molecule has 3 atom stereocenters. The maximum Gasteiger partial charge on any atom is 0.306 e. The molecule has 2 amide bonds. The molecule has 1 aromatic carbocycles. The summed E-state index contributed by atoms with van der Waals surface area (Å²) in [4.78, 5) is 40.0. The van der Waals surface area contributed by atoms with Gasteiger partial charge in [0, 0.05) is 31.7 Å². The molecule has 3 rings (SSSR count). The molecule has 6 nitrogen and oxygen atoms in total. The quantitative estimate of drug-likeness (QED) is 0.862. The molecule has 0 aromatic heterocycles. The molecule has 2 fully saturated rings. The zero-order chi connectivity index (χ0) is 19.6. The Kier molecular flexibility index (Phi) is 5.82. The molecule has 1 N–H and O–H groups in total. The number of likely N-dealkylation sites (tertiary alicyclic amines) is 1. The summed E-state index contributed by atoms with van der Waals surface area (Å²) in [5, 5.41) is 9.24. The summed E-state index contributed by atoms with van der Waals surface area (Å²) in [5.74, 6) is -1.64. The average molecular weight is 372 g/mol. The van der Waals surface area contributed by atoms with Crippen LogP contribution < -0.4 is 4.90 Å². The van der Waals surface area contributed by atoms with E-state index >= 15 is 0 Å². The average Bonchev–Trinajstić information content (AvgIpc) is 3.03. The van der Waals surface area contributed by atoms with Gasteiger partial charge in [-0.2, -0.15) is 0 Å². The fourth-order valence-corrected chi connectivity index (χ4v) is 4.22. The van der Waals surface area contributed by atoms with Crippen molar-refractivity contribution in [2.45, 2.75) is 39.5 Å². The van der Waals surface area contributed by atoms with E-state index in [1.165, 1.54) is 5.56 Å². The number of hydrogen-bond acceptors (Lipinski definition) is 3. The van der Waals surface area contributed by atoms with Crippen molar-refractivity contribution in [1.82, 2.24) is 4.90 Å². The molecule has 2 heterocycles. The molecule has 2 aliphatic rings. The van der Waals surface area contributed by atoms with Gasteiger partial charge in [-0.05, 0) is 36.5 Å². The first-order valence-electron chi connectivity index (χ1n) is 9.81. The minimum absolute atomic E-state index is 0.0231. The number of hydrogen-bond donors (Lipinski definition) is 1. The largest absolute Gasteiger partial charge is 0.481 e. The zero-order valence-electron chi connectivity index (χ0n) is 16.1. The van der Waals surface area contributed by atoms with Crippen molar-refractivity contribution in [2.75, 3.05) is 24.5 Å². The summed E-state index contributed by atoms with van der Waals surface area (Å²) in [7, 11) is 0. The van der Waals surface area contributed by atoms with Gasteiger partial charge < -0.3 is 14.9 Å². The van der Waals surface area contributed by atoms with Crippen LogP contribution in [0.2, 0.25) is 0 Å². The highest BCUT2D eigenvalue weighted by atomic mass is 16.4. The van der Waals surface area contributed by atoms with Crippen LogP contribution in [0.3, 0.4) is 0 Å². The van der Waals surface area contributed by atoms with Crippen LogP contribution in [0.5, 0.6) is 0 Å². The second-order valence-corrected chi connectivity index (χ2v) is 7.82. The van der Waals surface area contributed by atoms with E-state index in [-0.39, 0.29) is 30.1 Å². The summed E-state index contributed by atoms with van der Waals surface area (Å²) < 4.78 is 0. The summed E-state index contributed by atoms with van der Waals surface area (Å²) in [6.07, 6.45) is 2.80. The van der Waals surface area contributed by atoms with Crippen molar-refractivity contribution >= 4 is 23.5 Å². The molecule has 3 unspecified atom stereocenters. The van der Waals surface area contributed by atoms with Gasteiger partial charge in [-0.15, -0.1) is 0 Å². The van der Waals surface area contributed by atoms with Crippen LogP contribution in [0.25, 0.3) is 0 Å². The lowest BCUT2D eigenvalue weighted by Gasteiger charge is -2.36. The summed E-state index contributed by atoms with van der Waals surface area (Å²) in [5.41, 5.74) is 2.09. The van der Waals surface area contributed by atoms with E-state index in [1.807, 2.05) is 31.2 Å². The van der Waals surface area contributed by atoms with Crippen LogP contribution in [0.15, 0.2) is 24.3 Å². The highest BCUT2D eigenvalue weighted by Gasteiger charge is 2.40. The van der Waals surface area contributed by atoms with Crippen LogP contribution in [0.4, 0.5) is 5.69 Å². The van der Waals surface area contributed by atoms with Crippen LogP contribution in [-0.2, 0) is 20.8 Å². The topological polar surface area (TPSA) is 77.9 Å². The third-order valence-electron chi connectivity index (χ3n) is 5.80. The molecule has 2 aliphatic heterocycles. The summed E-state index contributed by atoms with van der Waals surface area (Å²) in [6.45, 7) is 5.32. The minimum atomic E-state index is -0.789. The van der Waals surface area contributed by atoms with Gasteiger partial charge in [0.2, 0.25) is 11.8 Å². The van der Waals surface area contributed by atoms with Crippen LogP contribution >= 0.6 is 0 Å². The predicted molar refractivity (Wildman–Crippen MR) is 102 cm³/mol. The maximum atomic E-state index is 12.9. The highest BCUT2D eigenvalue weighted by Crippen LogP contribution is 2.29. The number of aliphatic carboxylic acids is 1. The number of benzene rings is 1. The molecule has 0 saturated carbocycles. The standard InChI is InChI=1S/C21H28N2O4/c1-3-4-15-5-7-17(8-6-15)23-13-16(11-19(23)24)20(25)22-10-9-18(21(26)27)14(2)12-22/h5-8,14,16,18H,3-4,9-13H2,1-2H3,(H,26,27). The molecule has 0 aliphatic carbocycles. The Morgan fingerprint density at radius 1 is 1.19 bits per heavy atom. The van der Waals surface area contributed by atoms with Crippen molar-refractivity contribution < 1.29 is 19.5 Å². The fourth-order valence-electron chi connectivity index (χ4n) is 4.22. The van der Waals surface area contributed by atoms with Crippen LogP contribution in [0.1, 0.15) is 38.7 Å². The van der Waals surface area contributed by atoms with Gasteiger partial charge in [0.05, 0.1) is 11.8 Å². The molecule has 6 heteroatoms. The zero-order valence-corrected chi connectivity index (χ0v) is 16.1. The van der Waals surface area contributed by atoms with Gasteiger partial charge in [-0.3, -0.25) is 14.4 Å². The van der Waals surface area contributed by atoms with Crippen LogP contribution in [-0.4, -0.2) is 47.4 Å². The van der Waals surface area contributed by atoms with Gasteiger partial charge in [-0.1, -0.05) is 32.4 Å². The smallest absolute Gasteiger partial charge is 0.306 e. The van der Waals surface area contributed by atoms with Crippen molar-refractivity contribution in [3.05, 3.63) is 29.8 Å². The molecule has 1 aromatic rings. The normalized spacial score (nSPS) is 25.7. The van der Waals surface area contributed by atoms with E-state index in [0.717, 1.165) is 18.5 Å². The lowest BCUT2D eigenvalue weighted by molar-refractivity contribution is -0.149. The highest BCUT2D eigenvalue weighted by molar-refractivity contribution is 6.00. The first kappa shape index (κ1) is 19.4. The Bertz CT molecular complexity index is 715. The number of rotatable bonds is 5. The van der Waals surface area contributed by atoms with Crippen molar-refractivity contribution in [2.24, 2.45) is 17.8 Å². The second-order valence-electron chi connectivity index (χ2n) is 7.82. The number of carboxylic acids is 1. The molecular formula is C21H28N2O4. The monoisotopic (exact) mass is 372 g/mol. The molecule has 146 valence electrons. The predicted octanol–water partition coefficient (Wildman–Crippen LogP) is 2.56. The van der Waals surface area contributed by atoms with Gasteiger partial charge in [-0.25, -0.2) is 0 Å². The first-order chi connectivity index (χ1) is 12.9. The fraction of sp³-hybridized carbons (Fsp3) is 0.571. The SMILES string of the molecule is CCCc1ccc(N2CC(C(=O)N3CCC(C(=O)O)C(C)C3)CC2=O)cc1. The van der Waals surface area contributed by atoms with E-state index in [0.29, 0.717) is 26.1 Å². The van der Waals surface area contributed by atoms with Crippen molar-refractivity contribution in [3.63, 3.8) is 0 Å². The Balaban J connectivity index is 1.63. The van der Waals surface area contributed by atoms with Crippen molar-refractivity contribution in [1.29, 1.82) is 0 Å². The van der Waals surface area contributed by atoms with Gasteiger partial charge in [0.1, 0.15) is 0 Å². The molecule has 2 saturated heterocycles. The van der Waals surface area contributed by atoms with Crippen LogP contribution in [0, 0.1) is 17.8 Å². The van der Waals surface area contributed by atoms with E-state index in [2.05, 4.69) is 6.92 Å². The van der Waals surface area contributed by atoms with E-state index in [1.54, 1.807) is 9.80 Å². The van der Waals surface area contributed by atoms with Gasteiger partial charge in [0.15, 0.2) is 0 Å². The lowest BCUT2D eigenvalue weighted by atomic mass is 9.86. The molecule has 27 heavy (non-hydrogen) atoms. The Labute approximate surface area is 160 Å². The number of carboxylic acid groups (broad SMARTS) is 1. The molecular weight excluding hydrogens is 344 g/mol. The van der Waals surface area contributed by atoms with Gasteiger partial charge in [0.25, 0.3) is 0 Å². The number of piperidine rings is 1. The third-order valence-corrected chi connectivity index (χ3v) is 5.80. The number of amides is 2. The van der Waals surface area contributed by atoms with E-state index in [9.17, 15) is 19.5 Å². The second kappa shape index (κ2) is 8.11. The minimum Gasteiger partial charge on any atom is -0.481 e. The molecule has 0 radical (unpaired) electrons. The Hall–Kier alpha value is -2.37. The van der Waals surface area contributed by atoms with E-state index < -0.39 is 11.9 Å².